The highest BCUT2D eigenvalue weighted by molar-refractivity contribution is 5.87. The largest absolute Gasteiger partial charge is 0.392 e. The van der Waals surface area contributed by atoms with Crippen molar-refractivity contribution in [2.45, 2.75) is 19.1 Å². The van der Waals surface area contributed by atoms with Crippen molar-refractivity contribution < 1.29 is 9.90 Å². The van der Waals surface area contributed by atoms with Gasteiger partial charge in [0.15, 0.2) is 0 Å². The van der Waals surface area contributed by atoms with Gasteiger partial charge in [-0.3, -0.25) is 4.79 Å². The number of aliphatic hydroxyl groups excluding tert-OH is 1. The van der Waals surface area contributed by atoms with Crippen LogP contribution in [0.2, 0.25) is 0 Å². The van der Waals surface area contributed by atoms with E-state index in [1.54, 1.807) is 0 Å². The summed E-state index contributed by atoms with van der Waals surface area (Å²) in [7, 11) is 0. The maximum Gasteiger partial charge on any atom is 0.229 e. The van der Waals surface area contributed by atoms with Crippen molar-refractivity contribution in [3.8, 4) is 6.07 Å². The molecule has 4 nitrogen and oxygen atoms in total. The van der Waals surface area contributed by atoms with Crippen LogP contribution < -0.4 is 5.32 Å². The predicted molar refractivity (Wildman–Crippen MR) is 32.7 cm³/mol. The van der Waals surface area contributed by atoms with Gasteiger partial charge in [0.2, 0.25) is 5.91 Å². The van der Waals surface area contributed by atoms with Crippen LogP contribution in [0, 0.1) is 17.2 Å². The van der Waals surface area contributed by atoms with E-state index in [-0.39, 0.29) is 5.91 Å². The maximum absolute atomic E-state index is 10.6. The summed E-state index contributed by atoms with van der Waals surface area (Å²) in [5.41, 5.74) is 0. The molecule has 0 aromatic rings. The molecule has 2 N–H and O–H groups in total. The normalized spacial score (nSPS) is 33.5. The predicted octanol–water partition coefficient (Wildman–Crippen LogP) is -0.995. The molecule has 3 atom stereocenters. The third-order valence-electron chi connectivity index (χ3n) is 1.62. The highest BCUT2D eigenvalue weighted by Crippen LogP contribution is 2.17. The molecule has 10 heavy (non-hydrogen) atoms. The van der Waals surface area contributed by atoms with Crippen molar-refractivity contribution in [1.82, 2.24) is 5.32 Å². The van der Waals surface area contributed by atoms with Gasteiger partial charge >= 0.3 is 0 Å². The third-order valence-corrected chi connectivity index (χ3v) is 1.62. The number of hydrogen-bond acceptors (Lipinski definition) is 3. The van der Waals surface area contributed by atoms with Crippen LogP contribution in [0.3, 0.4) is 0 Å². The Kier molecular flexibility index (Phi) is 1.60. The Hall–Kier alpha value is -1.08. The third kappa shape index (κ3) is 0.847. The highest BCUT2D eigenvalue weighted by atomic mass is 16.3. The molecule has 4 heteroatoms. The van der Waals surface area contributed by atoms with E-state index in [9.17, 15) is 4.79 Å². The van der Waals surface area contributed by atoms with Gasteiger partial charge in [-0.15, -0.1) is 0 Å². The average molecular weight is 140 g/mol. The standard InChI is InChI=1S/C6H8N2O2/c1-3(9)5-4(2-7)8-6(5)10/h3-5,9H,1H3,(H,8,10)/t3-,4-,5-/m1/s1. The number of rotatable bonds is 1. The summed E-state index contributed by atoms with van der Waals surface area (Å²) in [6.07, 6.45) is -0.724. The molecule has 1 aliphatic rings. The summed E-state index contributed by atoms with van der Waals surface area (Å²) in [6.45, 7) is 1.51. The average Bonchev–Trinajstić information content (AvgIpc) is 1.80. The molecule has 1 aliphatic heterocycles. The van der Waals surface area contributed by atoms with Gasteiger partial charge in [0, 0.05) is 0 Å². The summed E-state index contributed by atoms with van der Waals surface area (Å²) in [5, 5.41) is 19.6. The van der Waals surface area contributed by atoms with E-state index < -0.39 is 18.1 Å². The van der Waals surface area contributed by atoms with Gasteiger partial charge in [0.05, 0.1) is 18.1 Å². The minimum atomic E-state index is -0.724. The molecule has 0 aromatic carbocycles. The van der Waals surface area contributed by atoms with Crippen molar-refractivity contribution in [1.29, 1.82) is 5.26 Å². The van der Waals surface area contributed by atoms with E-state index in [4.69, 9.17) is 10.4 Å². The Labute approximate surface area is 58.5 Å². The summed E-state index contributed by atoms with van der Waals surface area (Å²) >= 11 is 0. The van der Waals surface area contributed by atoms with Crippen LogP contribution in [0.1, 0.15) is 6.92 Å². The molecule has 0 aliphatic carbocycles. The molecule has 0 aromatic heterocycles. The molecular formula is C6H8N2O2. The summed E-state index contributed by atoms with van der Waals surface area (Å²) in [4.78, 5) is 10.6. The summed E-state index contributed by atoms with van der Waals surface area (Å²) in [5.74, 6) is -0.758. The SMILES string of the molecule is C[C@@H](O)[C@H]1C(=O)N[C@@H]1C#N. The van der Waals surface area contributed by atoms with Crippen molar-refractivity contribution in [3.05, 3.63) is 0 Å². The van der Waals surface area contributed by atoms with Crippen molar-refractivity contribution in [2.24, 2.45) is 5.92 Å². The molecule has 0 unspecified atom stereocenters. The second kappa shape index (κ2) is 2.27. The zero-order valence-electron chi connectivity index (χ0n) is 5.53. The molecule has 1 rings (SSSR count). The Morgan fingerprint density at radius 1 is 1.90 bits per heavy atom. The molecule has 1 amide bonds. The van der Waals surface area contributed by atoms with Crippen molar-refractivity contribution >= 4 is 5.91 Å². The van der Waals surface area contributed by atoms with Crippen LogP contribution in [0.5, 0.6) is 0 Å². The Morgan fingerprint density at radius 2 is 2.50 bits per heavy atom. The second-order valence-corrected chi connectivity index (χ2v) is 2.38. The lowest BCUT2D eigenvalue weighted by Gasteiger charge is -2.33. The molecule has 54 valence electrons. The topological polar surface area (TPSA) is 73.1 Å². The van der Waals surface area contributed by atoms with Crippen LogP contribution in [0.15, 0.2) is 0 Å². The lowest BCUT2D eigenvalue weighted by Crippen LogP contribution is -2.61. The molecule has 0 saturated carbocycles. The van der Waals surface area contributed by atoms with Gasteiger partial charge in [-0.2, -0.15) is 5.26 Å². The number of nitrogens with zero attached hydrogens (tertiary/aromatic N) is 1. The minimum Gasteiger partial charge on any atom is -0.392 e. The van der Waals surface area contributed by atoms with E-state index in [0.717, 1.165) is 0 Å². The number of carbonyl (C=O) groups is 1. The first-order valence-corrected chi connectivity index (χ1v) is 3.05. The van der Waals surface area contributed by atoms with E-state index in [2.05, 4.69) is 5.32 Å². The van der Waals surface area contributed by atoms with Gasteiger partial charge in [-0.25, -0.2) is 0 Å². The first-order valence-electron chi connectivity index (χ1n) is 3.05. The Balaban J connectivity index is 2.58. The fraction of sp³-hybridized carbons (Fsp3) is 0.667. The lowest BCUT2D eigenvalue weighted by molar-refractivity contribution is -0.138. The maximum atomic E-state index is 10.6. The van der Waals surface area contributed by atoms with Crippen molar-refractivity contribution in [2.75, 3.05) is 0 Å². The molecular weight excluding hydrogens is 132 g/mol. The zero-order valence-corrected chi connectivity index (χ0v) is 5.53. The van der Waals surface area contributed by atoms with Crippen molar-refractivity contribution in [3.63, 3.8) is 0 Å². The number of nitriles is 1. The number of amides is 1. The zero-order chi connectivity index (χ0) is 7.72. The van der Waals surface area contributed by atoms with Crippen LogP contribution in [0.4, 0.5) is 0 Å². The lowest BCUT2D eigenvalue weighted by atomic mass is 9.87. The van der Waals surface area contributed by atoms with Crippen LogP contribution in [0.25, 0.3) is 0 Å². The van der Waals surface area contributed by atoms with Gasteiger partial charge < -0.3 is 10.4 Å². The number of aliphatic hydroxyl groups is 1. The quantitative estimate of drug-likeness (QED) is 0.459. The molecule has 0 spiro atoms. The number of nitrogens with one attached hydrogen (secondary N) is 1. The van der Waals surface area contributed by atoms with Crippen LogP contribution in [-0.4, -0.2) is 23.2 Å². The molecule has 1 heterocycles. The van der Waals surface area contributed by atoms with E-state index in [1.807, 2.05) is 6.07 Å². The Morgan fingerprint density at radius 3 is 2.70 bits per heavy atom. The first-order chi connectivity index (χ1) is 4.66. The van der Waals surface area contributed by atoms with Gasteiger partial charge in [-0.05, 0) is 6.92 Å². The second-order valence-electron chi connectivity index (χ2n) is 2.38. The molecule has 0 bridgehead atoms. The highest BCUT2D eigenvalue weighted by Gasteiger charge is 2.42. The first kappa shape index (κ1) is 7.03. The van der Waals surface area contributed by atoms with Gasteiger partial charge in [0.25, 0.3) is 0 Å². The van der Waals surface area contributed by atoms with E-state index >= 15 is 0 Å². The van der Waals surface area contributed by atoms with Crippen LogP contribution in [-0.2, 0) is 4.79 Å². The van der Waals surface area contributed by atoms with E-state index in [1.165, 1.54) is 6.92 Å². The Bertz CT molecular complexity index is 194. The van der Waals surface area contributed by atoms with Gasteiger partial charge in [-0.1, -0.05) is 0 Å². The number of hydrogen-bond donors (Lipinski definition) is 2. The summed E-state index contributed by atoms with van der Waals surface area (Å²) in [6, 6.07) is 1.38. The minimum absolute atomic E-state index is 0.235. The molecule has 1 fully saturated rings. The molecule has 1 saturated heterocycles. The van der Waals surface area contributed by atoms with Crippen LogP contribution >= 0.6 is 0 Å². The van der Waals surface area contributed by atoms with E-state index in [0.29, 0.717) is 0 Å². The fourth-order valence-electron chi connectivity index (χ4n) is 1.00. The number of β-lactam (4-membered cyclic amide) rings is 1. The summed E-state index contributed by atoms with van der Waals surface area (Å²) < 4.78 is 0. The van der Waals surface area contributed by atoms with Gasteiger partial charge in [0.1, 0.15) is 6.04 Å². The molecule has 0 radical (unpaired) electrons. The monoisotopic (exact) mass is 140 g/mol. The fourth-order valence-corrected chi connectivity index (χ4v) is 1.00. The number of carbonyl (C=O) groups excluding carboxylic acids is 1. The smallest absolute Gasteiger partial charge is 0.229 e.